The topological polar surface area (TPSA) is 64.1 Å². The van der Waals surface area contributed by atoms with Gasteiger partial charge in [-0.1, -0.05) is 23.7 Å². The molecule has 35 heavy (non-hydrogen) atoms. The van der Waals surface area contributed by atoms with Crippen LogP contribution in [0, 0.1) is 0 Å². The van der Waals surface area contributed by atoms with Gasteiger partial charge in [0.1, 0.15) is 0 Å². The highest BCUT2D eigenvalue weighted by Gasteiger charge is 2.35. The number of nitrogens with one attached hydrogen (secondary N) is 1. The van der Waals surface area contributed by atoms with Crippen LogP contribution in [0.3, 0.4) is 0 Å². The van der Waals surface area contributed by atoms with Gasteiger partial charge in [0, 0.05) is 46.1 Å². The predicted octanol–water partition coefficient (Wildman–Crippen LogP) is 6.60. The van der Waals surface area contributed by atoms with Gasteiger partial charge in [-0.05, 0) is 78.5 Å². The third kappa shape index (κ3) is 7.41. The predicted molar refractivity (Wildman–Crippen MR) is 131 cm³/mol. The van der Waals surface area contributed by atoms with Gasteiger partial charge >= 0.3 is 6.18 Å². The molecule has 0 fully saturated rings. The number of nitrogens with zero attached hydrogens (tertiary/aromatic N) is 2. The maximum Gasteiger partial charge on any atom is 0.416 e. The summed E-state index contributed by atoms with van der Waals surface area (Å²) in [5.41, 5.74) is -0.465. The van der Waals surface area contributed by atoms with Crippen molar-refractivity contribution in [3.8, 4) is 5.88 Å². The number of amides is 1. The van der Waals surface area contributed by atoms with Gasteiger partial charge in [-0.2, -0.15) is 13.2 Å². The molecule has 0 aliphatic rings. The molecule has 0 radical (unpaired) electrons. The summed E-state index contributed by atoms with van der Waals surface area (Å²) < 4.78 is 45.5. The van der Waals surface area contributed by atoms with Crippen LogP contribution in [0.15, 0.2) is 65.5 Å². The van der Waals surface area contributed by atoms with Crippen LogP contribution < -0.4 is 10.1 Å². The second-order valence-corrected chi connectivity index (χ2v) is 9.98. The van der Waals surface area contributed by atoms with Gasteiger partial charge in [-0.3, -0.25) is 9.78 Å². The van der Waals surface area contributed by atoms with E-state index in [1.54, 1.807) is 24.5 Å². The highest BCUT2D eigenvalue weighted by Crippen LogP contribution is 2.32. The molecule has 1 N–H and O–H groups in total. The Labute approximate surface area is 215 Å². The fourth-order valence-corrected chi connectivity index (χ4v) is 4.03. The third-order valence-corrected chi connectivity index (χ3v) is 6.14. The van der Waals surface area contributed by atoms with Crippen LogP contribution in [0.2, 0.25) is 5.02 Å². The number of hydrogen-bond acceptors (Lipinski definition) is 4. The summed E-state index contributed by atoms with van der Waals surface area (Å²) in [4.78, 5) is 21.2. The fourth-order valence-electron chi connectivity index (χ4n) is 3.52. The van der Waals surface area contributed by atoms with E-state index in [2.05, 4.69) is 31.2 Å². The van der Waals surface area contributed by atoms with Gasteiger partial charge in [0.25, 0.3) is 5.91 Å². The molecular formula is C25H24BrClF3N3O2. The number of ether oxygens (including phenoxy) is 1. The quantitative estimate of drug-likeness (QED) is 0.331. The number of benzene rings is 1. The zero-order chi connectivity index (χ0) is 25.8. The number of pyridine rings is 2. The zero-order valence-corrected chi connectivity index (χ0v) is 21.6. The summed E-state index contributed by atoms with van der Waals surface area (Å²) in [5.74, 6) is -0.942. The van der Waals surface area contributed by atoms with Crippen LogP contribution in [-0.4, -0.2) is 27.5 Å². The number of halogens is 5. The highest BCUT2D eigenvalue weighted by molar-refractivity contribution is 9.10. The number of alkyl halides is 3. The molecule has 2 aromatic heterocycles. The van der Waals surface area contributed by atoms with Gasteiger partial charge in [0.05, 0.1) is 5.56 Å². The Hall–Kier alpha value is -2.65. The van der Waals surface area contributed by atoms with Crippen LogP contribution >= 0.6 is 27.5 Å². The summed E-state index contributed by atoms with van der Waals surface area (Å²) in [6, 6.07) is 10.6. The van der Waals surface area contributed by atoms with Crippen molar-refractivity contribution < 1.29 is 22.7 Å². The summed E-state index contributed by atoms with van der Waals surface area (Å²) in [5, 5.41) is 3.57. The second-order valence-electron chi connectivity index (χ2n) is 8.63. The van der Waals surface area contributed by atoms with Crippen LogP contribution in [0.4, 0.5) is 13.2 Å². The van der Waals surface area contributed by atoms with Gasteiger partial charge in [-0.25, -0.2) is 4.98 Å². The zero-order valence-electron chi connectivity index (χ0n) is 19.2. The van der Waals surface area contributed by atoms with E-state index in [0.717, 1.165) is 33.9 Å². The molecule has 0 aliphatic heterocycles. The van der Waals surface area contributed by atoms with Gasteiger partial charge in [-0.15, -0.1) is 0 Å². The second kappa shape index (κ2) is 11.0. The van der Waals surface area contributed by atoms with Gasteiger partial charge in [0.2, 0.25) is 5.88 Å². The molecule has 0 saturated heterocycles. The first-order valence-electron chi connectivity index (χ1n) is 10.7. The third-order valence-electron chi connectivity index (χ3n) is 5.45. The average molecular weight is 571 g/mol. The Morgan fingerprint density at radius 2 is 1.83 bits per heavy atom. The van der Waals surface area contributed by atoms with Crippen molar-refractivity contribution in [2.45, 2.75) is 50.9 Å². The van der Waals surface area contributed by atoms with Crippen molar-refractivity contribution >= 4 is 33.4 Å². The Kier molecular flexibility index (Phi) is 8.43. The molecule has 0 saturated carbocycles. The lowest BCUT2D eigenvalue weighted by molar-refractivity contribution is -0.138. The van der Waals surface area contributed by atoms with Gasteiger partial charge in [0.15, 0.2) is 5.60 Å². The summed E-state index contributed by atoms with van der Waals surface area (Å²) in [6.07, 6.45) is 0.451. The molecule has 1 amide bonds. The van der Waals surface area contributed by atoms with Crippen LogP contribution in [0.25, 0.3) is 0 Å². The smallest absolute Gasteiger partial charge is 0.416 e. The van der Waals surface area contributed by atoms with E-state index >= 15 is 0 Å². The van der Waals surface area contributed by atoms with E-state index < -0.39 is 23.2 Å². The van der Waals surface area contributed by atoms with Crippen LogP contribution in [-0.2, 0) is 17.4 Å². The average Bonchev–Trinajstić information content (AvgIpc) is 2.78. The molecule has 3 aromatic rings. The molecule has 1 aromatic carbocycles. The standard InChI is InChI=1S/C25H24BrClF3N3O2/c1-15(21(17-11-19(26)14-31-13-17)10-16-4-6-20(27)7-5-16)33-23(34)24(2,3)35-22-12-18(8-9-32-22)25(28,29)30/h4-9,11-15,21H,10H2,1-3H3,(H,33,34). The molecule has 0 aliphatic carbocycles. The van der Waals surface area contributed by atoms with E-state index in [9.17, 15) is 18.0 Å². The number of hydrogen-bond donors (Lipinski definition) is 1. The monoisotopic (exact) mass is 569 g/mol. The van der Waals surface area contributed by atoms with Crippen LogP contribution in [0.5, 0.6) is 5.88 Å². The Bertz CT molecular complexity index is 1170. The first-order chi connectivity index (χ1) is 16.3. The number of rotatable bonds is 8. The molecule has 0 spiro atoms. The van der Waals surface area contributed by atoms with Crippen molar-refractivity contribution in [2.75, 3.05) is 0 Å². The van der Waals surface area contributed by atoms with Crippen molar-refractivity contribution in [1.82, 2.24) is 15.3 Å². The maximum absolute atomic E-state index is 13.1. The van der Waals surface area contributed by atoms with E-state index in [1.807, 2.05) is 25.1 Å². The largest absolute Gasteiger partial charge is 0.462 e. The number of carbonyl (C=O) groups excluding carboxylic acids is 1. The van der Waals surface area contributed by atoms with Crippen LogP contribution in [0.1, 0.15) is 43.4 Å². The lowest BCUT2D eigenvalue weighted by Gasteiger charge is -2.30. The Morgan fingerprint density at radius 3 is 2.46 bits per heavy atom. The van der Waals surface area contributed by atoms with Crippen molar-refractivity contribution in [3.63, 3.8) is 0 Å². The fraction of sp³-hybridized carbons (Fsp3) is 0.320. The highest BCUT2D eigenvalue weighted by atomic mass is 79.9. The molecular weight excluding hydrogens is 547 g/mol. The SMILES string of the molecule is CC(NC(=O)C(C)(C)Oc1cc(C(F)(F)F)ccn1)C(Cc1ccc(Cl)cc1)c1cncc(Br)c1. The molecule has 2 atom stereocenters. The number of carbonyl (C=O) groups is 1. The first-order valence-corrected chi connectivity index (χ1v) is 11.9. The lowest BCUT2D eigenvalue weighted by Crippen LogP contribution is -2.51. The minimum absolute atomic E-state index is 0.160. The van der Waals surface area contributed by atoms with E-state index in [1.165, 1.54) is 13.8 Å². The maximum atomic E-state index is 13.1. The van der Waals surface area contributed by atoms with E-state index in [0.29, 0.717) is 11.4 Å². The Morgan fingerprint density at radius 1 is 1.14 bits per heavy atom. The molecule has 2 heterocycles. The Balaban J connectivity index is 1.79. The summed E-state index contributed by atoms with van der Waals surface area (Å²) in [7, 11) is 0. The minimum atomic E-state index is -4.55. The first kappa shape index (κ1) is 26.9. The van der Waals surface area contributed by atoms with Crippen molar-refractivity contribution in [1.29, 1.82) is 0 Å². The van der Waals surface area contributed by atoms with Gasteiger partial charge < -0.3 is 10.1 Å². The molecule has 10 heteroatoms. The molecule has 2 unspecified atom stereocenters. The lowest BCUT2D eigenvalue weighted by atomic mass is 9.87. The summed E-state index contributed by atoms with van der Waals surface area (Å²) in [6.45, 7) is 4.82. The normalized spacial score (nSPS) is 13.7. The van der Waals surface area contributed by atoms with Crippen molar-refractivity contribution in [2.24, 2.45) is 0 Å². The minimum Gasteiger partial charge on any atom is -0.462 e. The molecule has 5 nitrogen and oxygen atoms in total. The molecule has 186 valence electrons. The number of aromatic nitrogens is 2. The van der Waals surface area contributed by atoms with E-state index in [-0.39, 0.29) is 17.8 Å². The van der Waals surface area contributed by atoms with Crippen molar-refractivity contribution in [3.05, 3.63) is 87.2 Å². The van der Waals surface area contributed by atoms with E-state index in [4.69, 9.17) is 16.3 Å². The molecule has 3 rings (SSSR count). The molecule has 0 bridgehead atoms. The summed E-state index contributed by atoms with van der Waals surface area (Å²) >= 11 is 9.45.